The van der Waals surface area contributed by atoms with Crippen LogP contribution in [0.3, 0.4) is 0 Å². The summed E-state index contributed by atoms with van der Waals surface area (Å²) in [7, 11) is -3.21. The van der Waals surface area contributed by atoms with E-state index in [9.17, 15) is 8.42 Å². The first-order valence-corrected chi connectivity index (χ1v) is 9.18. The lowest BCUT2D eigenvalue weighted by Gasteiger charge is -2.07. The van der Waals surface area contributed by atoms with Crippen molar-refractivity contribution < 1.29 is 13.2 Å². The van der Waals surface area contributed by atoms with Crippen LogP contribution in [0.15, 0.2) is 65.8 Å². The van der Waals surface area contributed by atoms with Crippen LogP contribution in [-0.2, 0) is 9.84 Å². The molecule has 0 aliphatic heterocycles. The van der Waals surface area contributed by atoms with Crippen molar-refractivity contribution in [1.29, 1.82) is 0 Å². The Hall–Kier alpha value is -2.73. The molecule has 0 atom stereocenters. The van der Waals surface area contributed by atoms with Crippen molar-refractivity contribution in [3.05, 3.63) is 66.5 Å². The summed E-state index contributed by atoms with van der Waals surface area (Å²) in [5, 5.41) is 0. The van der Waals surface area contributed by atoms with Crippen LogP contribution in [0, 0.1) is 6.92 Å². The van der Waals surface area contributed by atoms with E-state index in [0.717, 1.165) is 11.1 Å². The van der Waals surface area contributed by atoms with Gasteiger partial charge in [-0.1, -0.05) is 29.8 Å². The van der Waals surface area contributed by atoms with Gasteiger partial charge in [-0.05, 0) is 31.2 Å². The molecule has 0 unspecified atom stereocenters. The van der Waals surface area contributed by atoms with E-state index in [1.165, 1.54) is 12.5 Å². The molecule has 2 aromatic carbocycles. The molecule has 24 heavy (non-hydrogen) atoms. The Bertz CT molecular complexity index is 950. The average Bonchev–Trinajstić information content (AvgIpc) is 2.57. The minimum absolute atomic E-state index is 0.270. The third-order valence-corrected chi connectivity index (χ3v) is 4.56. The van der Waals surface area contributed by atoms with Gasteiger partial charge in [0.15, 0.2) is 9.84 Å². The number of ether oxygens (including phenoxy) is 1. The van der Waals surface area contributed by atoms with Crippen molar-refractivity contribution in [3.8, 4) is 22.9 Å². The number of benzene rings is 2. The highest BCUT2D eigenvalue weighted by molar-refractivity contribution is 7.90. The van der Waals surface area contributed by atoms with E-state index in [2.05, 4.69) is 9.97 Å². The largest absolute Gasteiger partial charge is 0.437 e. The number of hydrogen-bond acceptors (Lipinski definition) is 5. The van der Waals surface area contributed by atoms with Gasteiger partial charge in [-0.15, -0.1) is 0 Å². The summed E-state index contributed by atoms with van der Waals surface area (Å²) in [4.78, 5) is 8.83. The molecule has 3 rings (SSSR count). The van der Waals surface area contributed by atoms with Crippen molar-refractivity contribution in [3.63, 3.8) is 0 Å². The SMILES string of the molecule is Cc1ccc(Oc2cncc(-c3ccc(S(C)(=O)=O)cc3)n2)cc1. The summed E-state index contributed by atoms with van der Waals surface area (Å²) < 4.78 is 28.7. The summed E-state index contributed by atoms with van der Waals surface area (Å²) in [6, 6.07) is 14.2. The van der Waals surface area contributed by atoms with Crippen LogP contribution in [0.4, 0.5) is 0 Å². The molecular weight excluding hydrogens is 324 g/mol. The number of nitrogens with zero attached hydrogens (tertiary/aromatic N) is 2. The summed E-state index contributed by atoms with van der Waals surface area (Å²) in [6.45, 7) is 2.00. The van der Waals surface area contributed by atoms with Gasteiger partial charge in [-0.2, -0.15) is 0 Å². The van der Waals surface area contributed by atoms with Crippen molar-refractivity contribution in [2.24, 2.45) is 0 Å². The molecule has 0 aliphatic carbocycles. The van der Waals surface area contributed by atoms with Crippen molar-refractivity contribution in [1.82, 2.24) is 9.97 Å². The van der Waals surface area contributed by atoms with E-state index in [4.69, 9.17) is 4.74 Å². The molecule has 0 aliphatic rings. The molecule has 0 saturated carbocycles. The minimum atomic E-state index is -3.21. The summed E-state index contributed by atoms with van der Waals surface area (Å²) in [5.74, 6) is 1.06. The maximum absolute atomic E-state index is 11.5. The molecule has 0 bridgehead atoms. The topological polar surface area (TPSA) is 69.2 Å². The summed E-state index contributed by atoms with van der Waals surface area (Å²) in [6.07, 6.45) is 4.32. The highest BCUT2D eigenvalue weighted by Crippen LogP contribution is 2.23. The number of hydrogen-bond donors (Lipinski definition) is 0. The van der Waals surface area contributed by atoms with E-state index in [-0.39, 0.29) is 4.90 Å². The zero-order valence-corrected chi connectivity index (χ0v) is 14.1. The Balaban J connectivity index is 1.86. The van der Waals surface area contributed by atoms with Gasteiger partial charge < -0.3 is 4.74 Å². The number of aromatic nitrogens is 2. The first kappa shape index (κ1) is 16.1. The standard InChI is InChI=1S/C18H16N2O3S/c1-13-3-7-15(8-4-13)23-18-12-19-11-17(20-18)14-5-9-16(10-6-14)24(2,21)22/h3-12H,1-2H3. The molecule has 1 aromatic heterocycles. The predicted octanol–water partition coefficient (Wildman–Crippen LogP) is 3.65. The Morgan fingerprint density at radius 2 is 1.58 bits per heavy atom. The molecule has 0 amide bonds. The third kappa shape index (κ3) is 3.78. The zero-order valence-electron chi connectivity index (χ0n) is 13.3. The molecule has 122 valence electrons. The lowest BCUT2D eigenvalue weighted by molar-refractivity contribution is 0.461. The van der Waals surface area contributed by atoms with Gasteiger partial charge in [-0.25, -0.2) is 13.4 Å². The van der Waals surface area contributed by atoms with E-state index in [1.807, 2.05) is 31.2 Å². The average molecular weight is 340 g/mol. The Morgan fingerprint density at radius 1 is 0.917 bits per heavy atom. The number of rotatable bonds is 4. The Kier molecular flexibility index (Phi) is 4.31. The van der Waals surface area contributed by atoms with Crippen molar-refractivity contribution >= 4 is 9.84 Å². The second-order valence-electron chi connectivity index (χ2n) is 5.45. The predicted molar refractivity (Wildman–Crippen MR) is 91.8 cm³/mol. The molecule has 3 aromatic rings. The van der Waals surface area contributed by atoms with E-state index in [0.29, 0.717) is 17.3 Å². The van der Waals surface area contributed by atoms with Gasteiger partial charge in [0, 0.05) is 11.8 Å². The molecule has 0 N–H and O–H groups in total. The highest BCUT2D eigenvalue weighted by Gasteiger charge is 2.08. The lowest BCUT2D eigenvalue weighted by Crippen LogP contribution is -1.97. The first-order valence-electron chi connectivity index (χ1n) is 7.29. The minimum Gasteiger partial charge on any atom is -0.437 e. The van der Waals surface area contributed by atoms with E-state index in [1.54, 1.807) is 30.5 Å². The number of sulfone groups is 1. The van der Waals surface area contributed by atoms with E-state index < -0.39 is 9.84 Å². The van der Waals surface area contributed by atoms with Gasteiger partial charge in [-0.3, -0.25) is 4.98 Å². The van der Waals surface area contributed by atoms with Gasteiger partial charge in [0.05, 0.1) is 23.0 Å². The Morgan fingerprint density at radius 3 is 2.21 bits per heavy atom. The number of aryl methyl sites for hydroxylation is 1. The molecule has 1 heterocycles. The van der Waals surface area contributed by atoms with Gasteiger partial charge in [0.2, 0.25) is 5.88 Å². The molecule has 0 spiro atoms. The van der Waals surface area contributed by atoms with Crippen LogP contribution in [0.2, 0.25) is 0 Å². The van der Waals surface area contributed by atoms with Crippen molar-refractivity contribution in [2.75, 3.05) is 6.26 Å². The summed E-state index contributed by atoms with van der Waals surface area (Å²) >= 11 is 0. The van der Waals surface area contributed by atoms with E-state index >= 15 is 0 Å². The maximum atomic E-state index is 11.5. The van der Waals surface area contributed by atoms with Gasteiger partial charge in [0.1, 0.15) is 5.75 Å². The van der Waals surface area contributed by atoms with Crippen LogP contribution in [0.5, 0.6) is 11.6 Å². The van der Waals surface area contributed by atoms with Crippen LogP contribution < -0.4 is 4.74 Å². The van der Waals surface area contributed by atoms with Crippen LogP contribution in [0.25, 0.3) is 11.3 Å². The molecular formula is C18H16N2O3S. The molecule has 0 saturated heterocycles. The fourth-order valence-electron chi connectivity index (χ4n) is 2.14. The zero-order chi connectivity index (χ0) is 17.2. The highest BCUT2D eigenvalue weighted by atomic mass is 32.2. The van der Waals surface area contributed by atoms with Crippen LogP contribution >= 0.6 is 0 Å². The van der Waals surface area contributed by atoms with Crippen LogP contribution in [-0.4, -0.2) is 24.6 Å². The Labute approximate surface area is 140 Å². The van der Waals surface area contributed by atoms with Gasteiger partial charge in [0.25, 0.3) is 0 Å². The lowest BCUT2D eigenvalue weighted by atomic mass is 10.2. The molecule has 5 nitrogen and oxygen atoms in total. The fraction of sp³-hybridized carbons (Fsp3) is 0.111. The maximum Gasteiger partial charge on any atom is 0.238 e. The second kappa shape index (κ2) is 6.41. The quantitative estimate of drug-likeness (QED) is 0.725. The van der Waals surface area contributed by atoms with Crippen molar-refractivity contribution in [2.45, 2.75) is 11.8 Å². The first-order chi connectivity index (χ1) is 11.4. The molecule has 0 fully saturated rings. The van der Waals surface area contributed by atoms with Crippen LogP contribution in [0.1, 0.15) is 5.56 Å². The third-order valence-electron chi connectivity index (χ3n) is 3.43. The monoisotopic (exact) mass is 340 g/mol. The van der Waals surface area contributed by atoms with Gasteiger partial charge >= 0.3 is 0 Å². The second-order valence-corrected chi connectivity index (χ2v) is 7.47. The smallest absolute Gasteiger partial charge is 0.238 e. The summed E-state index contributed by atoms with van der Waals surface area (Å²) in [5.41, 5.74) is 2.53. The fourth-order valence-corrected chi connectivity index (χ4v) is 2.77. The normalized spacial score (nSPS) is 11.2. The molecule has 6 heteroatoms. The molecule has 0 radical (unpaired) electrons.